The van der Waals surface area contributed by atoms with Gasteiger partial charge in [-0.25, -0.2) is 0 Å². The molecule has 0 aromatic rings. The second-order valence-electron chi connectivity index (χ2n) is 4.32. The molecule has 0 aromatic heterocycles. The zero-order valence-electron chi connectivity index (χ0n) is 10.5. The van der Waals surface area contributed by atoms with Crippen LogP contribution in [0.25, 0.3) is 0 Å². The summed E-state index contributed by atoms with van der Waals surface area (Å²) in [6.45, 7) is 0. The fraction of sp³-hybridized carbons (Fsp3) is 0.500. The molecule has 0 N–H and O–H groups in total. The quantitative estimate of drug-likeness (QED) is 0.450. The second-order valence-corrected chi connectivity index (χ2v) is 9.32. The predicted octanol–water partition coefficient (Wildman–Crippen LogP) is 3.53. The minimum atomic E-state index is -1.45. The van der Waals surface area contributed by atoms with Crippen LogP contribution in [-0.4, -0.2) is 8.07 Å². The van der Waals surface area contributed by atoms with Gasteiger partial charge in [-0.1, -0.05) is 0 Å². The van der Waals surface area contributed by atoms with E-state index in [1.54, 1.807) is 0 Å². The van der Waals surface area contributed by atoms with E-state index in [9.17, 15) is 0 Å². The molecule has 0 saturated heterocycles. The highest BCUT2D eigenvalue weighted by molar-refractivity contribution is 6.80. The van der Waals surface area contributed by atoms with Crippen LogP contribution in [0.1, 0.15) is 25.7 Å². The van der Waals surface area contributed by atoms with Crippen LogP contribution in [0.3, 0.4) is 0 Å². The van der Waals surface area contributed by atoms with Crippen LogP contribution in [0, 0.1) is 49.4 Å². The highest BCUT2D eigenvalue weighted by Gasteiger charge is 2.30. The van der Waals surface area contributed by atoms with E-state index < -0.39 is 8.07 Å². The number of terminal acetylenes is 4. The first kappa shape index (κ1) is 15.5. The average molecular weight is 240 g/mol. The minimum absolute atomic E-state index is 0.825. The summed E-state index contributed by atoms with van der Waals surface area (Å²) in [4.78, 5) is 0. The molecule has 0 bridgehead atoms. The number of hydrogen-bond donors (Lipinski definition) is 0. The molecule has 0 aliphatic heterocycles. The summed E-state index contributed by atoms with van der Waals surface area (Å²) in [5.41, 5.74) is 0. The Morgan fingerprint density at radius 2 is 0.765 bits per heavy atom. The van der Waals surface area contributed by atoms with Crippen molar-refractivity contribution in [3.63, 3.8) is 0 Å². The van der Waals surface area contributed by atoms with Crippen molar-refractivity contribution in [2.24, 2.45) is 0 Å². The summed E-state index contributed by atoms with van der Waals surface area (Å²) >= 11 is 0. The lowest BCUT2D eigenvalue weighted by Crippen LogP contribution is -2.33. The zero-order valence-corrected chi connectivity index (χ0v) is 11.5. The molecule has 0 unspecified atom stereocenters. The lowest BCUT2D eigenvalue weighted by Gasteiger charge is -2.30. The molecule has 0 radical (unpaired) electrons. The molecule has 0 atom stereocenters. The normalized spacial score (nSPS) is 9.65. The highest BCUT2D eigenvalue weighted by Crippen LogP contribution is 2.31. The van der Waals surface area contributed by atoms with Gasteiger partial charge in [0.05, 0.1) is 8.07 Å². The molecule has 0 spiro atoms. The van der Waals surface area contributed by atoms with Gasteiger partial charge in [0.1, 0.15) is 0 Å². The fourth-order valence-electron chi connectivity index (χ4n) is 2.10. The molecule has 1 heteroatoms. The molecule has 0 aliphatic carbocycles. The van der Waals surface area contributed by atoms with Crippen molar-refractivity contribution < 1.29 is 0 Å². The smallest absolute Gasteiger partial charge is 0.0573 e. The van der Waals surface area contributed by atoms with Crippen LogP contribution < -0.4 is 0 Å². The van der Waals surface area contributed by atoms with Crippen LogP contribution in [0.5, 0.6) is 0 Å². The summed E-state index contributed by atoms with van der Waals surface area (Å²) in [5, 5.41) is 0. The molecule has 17 heavy (non-hydrogen) atoms. The average Bonchev–Trinajstić information content (AvgIpc) is 2.37. The molecule has 88 valence electrons. The third-order valence-corrected chi connectivity index (χ3v) is 8.44. The monoisotopic (exact) mass is 240 g/mol. The van der Waals surface area contributed by atoms with Gasteiger partial charge in [0.15, 0.2) is 0 Å². The minimum Gasteiger partial charge on any atom is -0.120 e. The second kappa shape index (κ2) is 9.67. The van der Waals surface area contributed by atoms with E-state index in [2.05, 4.69) is 23.7 Å². The lowest BCUT2D eigenvalue weighted by molar-refractivity contribution is 0.989. The van der Waals surface area contributed by atoms with Crippen molar-refractivity contribution in [1.82, 2.24) is 0 Å². The maximum absolute atomic E-state index is 5.37. The van der Waals surface area contributed by atoms with E-state index in [4.69, 9.17) is 25.7 Å². The summed E-state index contributed by atoms with van der Waals surface area (Å²) < 4.78 is 0. The summed E-state index contributed by atoms with van der Waals surface area (Å²) in [6, 6.07) is 4.42. The third-order valence-electron chi connectivity index (χ3n) is 3.20. The Balaban J connectivity index is 4.67. The van der Waals surface area contributed by atoms with Gasteiger partial charge >= 0.3 is 0 Å². The molecule has 0 fully saturated rings. The molecule has 0 nitrogen and oxygen atoms in total. The standard InChI is InChI=1S/C16H20Si/c1-5-9-13-17(14-10-6-2,15-11-7-3)16-12-8-4/h1-4H,9-16H2. The summed E-state index contributed by atoms with van der Waals surface area (Å²) in [5.74, 6) is 10.9. The maximum Gasteiger partial charge on any atom is 0.0573 e. The fourth-order valence-corrected chi connectivity index (χ4v) is 6.30. The molecule has 0 rings (SSSR count). The van der Waals surface area contributed by atoms with E-state index in [0.29, 0.717) is 0 Å². The first-order chi connectivity index (χ1) is 8.24. The van der Waals surface area contributed by atoms with Crippen molar-refractivity contribution in [3.05, 3.63) is 0 Å². The van der Waals surface area contributed by atoms with Gasteiger partial charge in [-0.3, -0.25) is 0 Å². The molecule has 0 aromatic carbocycles. The first-order valence-electron chi connectivity index (χ1n) is 5.98. The zero-order chi connectivity index (χ0) is 13.0. The molecule has 0 heterocycles. The largest absolute Gasteiger partial charge is 0.120 e. The van der Waals surface area contributed by atoms with Crippen molar-refractivity contribution in [2.45, 2.75) is 49.9 Å². The van der Waals surface area contributed by atoms with E-state index in [-0.39, 0.29) is 0 Å². The predicted molar refractivity (Wildman–Crippen MR) is 78.8 cm³/mol. The van der Waals surface area contributed by atoms with Crippen LogP contribution in [0.2, 0.25) is 24.2 Å². The van der Waals surface area contributed by atoms with Crippen LogP contribution in [0.15, 0.2) is 0 Å². The number of rotatable bonds is 8. The Labute approximate surface area is 108 Å². The lowest BCUT2D eigenvalue weighted by atomic mass is 10.5. The third kappa shape index (κ3) is 6.59. The molecular formula is C16H20Si. The van der Waals surface area contributed by atoms with Gasteiger partial charge in [-0.15, -0.1) is 49.4 Å². The Hall–Kier alpha value is -1.54. The Kier molecular flexibility index (Phi) is 8.79. The van der Waals surface area contributed by atoms with Crippen molar-refractivity contribution in [3.8, 4) is 49.4 Å². The van der Waals surface area contributed by atoms with Crippen molar-refractivity contribution in [2.75, 3.05) is 0 Å². The number of hydrogen-bond acceptors (Lipinski definition) is 0. The maximum atomic E-state index is 5.37. The first-order valence-corrected chi connectivity index (χ1v) is 8.81. The summed E-state index contributed by atoms with van der Waals surface area (Å²) in [6.07, 6.45) is 24.8. The van der Waals surface area contributed by atoms with Crippen molar-refractivity contribution >= 4 is 8.07 Å². The van der Waals surface area contributed by atoms with E-state index in [1.807, 2.05) is 0 Å². The van der Waals surface area contributed by atoms with Crippen molar-refractivity contribution in [1.29, 1.82) is 0 Å². The topological polar surface area (TPSA) is 0 Å². The van der Waals surface area contributed by atoms with Gasteiger partial charge < -0.3 is 0 Å². The van der Waals surface area contributed by atoms with E-state index in [1.165, 1.54) is 0 Å². The van der Waals surface area contributed by atoms with Gasteiger partial charge in [0, 0.05) is 25.7 Å². The van der Waals surface area contributed by atoms with Crippen LogP contribution in [-0.2, 0) is 0 Å². The highest BCUT2D eigenvalue weighted by atomic mass is 28.3. The molecule has 0 amide bonds. The van der Waals surface area contributed by atoms with E-state index >= 15 is 0 Å². The SMILES string of the molecule is C#CCC[Si](CCC#C)(CCC#C)CCC#C. The Bertz CT molecular complexity index is 287. The molecular weight excluding hydrogens is 220 g/mol. The summed E-state index contributed by atoms with van der Waals surface area (Å²) in [7, 11) is -1.45. The van der Waals surface area contributed by atoms with Crippen LogP contribution in [0.4, 0.5) is 0 Å². The van der Waals surface area contributed by atoms with Gasteiger partial charge in [-0.2, -0.15) is 0 Å². The molecule has 0 saturated carbocycles. The van der Waals surface area contributed by atoms with Gasteiger partial charge in [-0.05, 0) is 24.2 Å². The van der Waals surface area contributed by atoms with E-state index in [0.717, 1.165) is 49.9 Å². The van der Waals surface area contributed by atoms with Crippen LogP contribution >= 0.6 is 0 Å². The van der Waals surface area contributed by atoms with Gasteiger partial charge in [0.25, 0.3) is 0 Å². The molecule has 0 aliphatic rings. The Morgan fingerprint density at radius 3 is 0.941 bits per heavy atom. The Morgan fingerprint density at radius 1 is 0.529 bits per heavy atom. The van der Waals surface area contributed by atoms with Gasteiger partial charge in [0.2, 0.25) is 0 Å².